The van der Waals surface area contributed by atoms with Crippen LogP contribution in [-0.4, -0.2) is 23.7 Å². The highest BCUT2D eigenvalue weighted by atomic mass is 16.4. The number of benzene rings is 1. The number of rotatable bonds is 3. The van der Waals surface area contributed by atoms with Gasteiger partial charge < -0.3 is 10.0 Å². The molecule has 0 spiro atoms. The number of carbonyl (C=O) groups is 1. The molecule has 1 aromatic carbocycles. The van der Waals surface area contributed by atoms with Gasteiger partial charge in [-0.1, -0.05) is 38.0 Å². The molecule has 1 fully saturated rings. The van der Waals surface area contributed by atoms with Crippen molar-refractivity contribution in [3.05, 3.63) is 29.8 Å². The van der Waals surface area contributed by atoms with E-state index in [4.69, 9.17) is 5.11 Å². The molecule has 0 aromatic heterocycles. The Hall–Kier alpha value is -1.51. The predicted octanol–water partition coefficient (Wildman–Crippen LogP) is 3.64. The Balaban J connectivity index is 1.84. The summed E-state index contributed by atoms with van der Waals surface area (Å²) in [6, 6.07) is 8.96. The number of carboxylic acid groups (broad SMARTS) is 1. The van der Waals surface area contributed by atoms with Crippen LogP contribution in [0.3, 0.4) is 0 Å². The SMILES string of the molecule is CC1CCCC(N2CC(CC(=O)O)c3ccccc32)C1. The maximum absolute atomic E-state index is 11.1. The van der Waals surface area contributed by atoms with Gasteiger partial charge in [0.25, 0.3) is 0 Å². The van der Waals surface area contributed by atoms with E-state index >= 15 is 0 Å². The van der Waals surface area contributed by atoms with Gasteiger partial charge in [0.1, 0.15) is 0 Å². The third-order valence-corrected chi connectivity index (χ3v) is 4.87. The summed E-state index contributed by atoms with van der Waals surface area (Å²) in [5.74, 6) is 0.254. The van der Waals surface area contributed by atoms with Crippen LogP contribution in [0.15, 0.2) is 24.3 Å². The zero-order chi connectivity index (χ0) is 14.1. The quantitative estimate of drug-likeness (QED) is 0.914. The molecular formula is C17H23NO2. The molecule has 108 valence electrons. The highest BCUT2D eigenvalue weighted by Gasteiger charge is 2.35. The normalized spacial score (nSPS) is 29.2. The van der Waals surface area contributed by atoms with Crippen molar-refractivity contribution in [2.75, 3.05) is 11.4 Å². The lowest BCUT2D eigenvalue weighted by molar-refractivity contribution is -0.137. The zero-order valence-electron chi connectivity index (χ0n) is 12.1. The van der Waals surface area contributed by atoms with Gasteiger partial charge in [-0.2, -0.15) is 0 Å². The van der Waals surface area contributed by atoms with Gasteiger partial charge in [0.05, 0.1) is 6.42 Å². The van der Waals surface area contributed by atoms with Gasteiger partial charge in [0, 0.05) is 24.2 Å². The Morgan fingerprint density at radius 1 is 1.35 bits per heavy atom. The number of hydrogen-bond acceptors (Lipinski definition) is 2. The van der Waals surface area contributed by atoms with Crippen LogP contribution in [0.2, 0.25) is 0 Å². The molecule has 0 saturated heterocycles. The van der Waals surface area contributed by atoms with E-state index in [1.165, 1.54) is 36.9 Å². The first-order valence-electron chi connectivity index (χ1n) is 7.72. The Morgan fingerprint density at radius 2 is 2.15 bits per heavy atom. The monoisotopic (exact) mass is 273 g/mol. The van der Waals surface area contributed by atoms with Crippen LogP contribution in [0.1, 0.15) is 50.5 Å². The molecule has 0 radical (unpaired) electrons. The lowest BCUT2D eigenvalue weighted by Gasteiger charge is -2.36. The molecule has 3 unspecified atom stereocenters. The fraction of sp³-hybridized carbons (Fsp3) is 0.588. The summed E-state index contributed by atoms with van der Waals surface area (Å²) in [7, 11) is 0. The molecular weight excluding hydrogens is 250 g/mol. The van der Waals surface area contributed by atoms with E-state index in [1.54, 1.807) is 0 Å². The van der Waals surface area contributed by atoms with Crippen LogP contribution in [0, 0.1) is 5.92 Å². The van der Waals surface area contributed by atoms with Crippen LogP contribution >= 0.6 is 0 Å². The van der Waals surface area contributed by atoms with Crippen LogP contribution in [0.5, 0.6) is 0 Å². The van der Waals surface area contributed by atoms with E-state index in [-0.39, 0.29) is 12.3 Å². The number of hydrogen-bond donors (Lipinski definition) is 1. The van der Waals surface area contributed by atoms with E-state index in [2.05, 4.69) is 30.0 Å². The van der Waals surface area contributed by atoms with Crippen molar-refractivity contribution in [3.63, 3.8) is 0 Å². The third kappa shape index (κ3) is 2.54. The van der Waals surface area contributed by atoms with Gasteiger partial charge in [-0.05, 0) is 30.4 Å². The average Bonchev–Trinajstić information content (AvgIpc) is 2.77. The largest absolute Gasteiger partial charge is 0.481 e. The minimum Gasteiger partial charge on any atom is -0.481 e. The molecule has 3 nitrogen and oxygen atoms in total. The first kappa shape index (κ1) is 13.5. The van der Waals surface area contributed by atoms with Crippen molar-refractivity contribution in [1.29, 1.82) is 0 Å². The van der Waals surface area contributed by atoms with E-state index in [1.807, 2.05) is 6.07 Å². The number of fused-ring (bicyclic) bond motifs is 1. The number of para-hydroxylation sites is 1. The molecule has 1 aromatic rings. The highest BCUT2D eigenvalue weighted by molar-refractivity contribution is 5.71. The standard InChI is InChI=1S/C17H23NO2/c1-12-5-4-6-14(9-12)18-11-13(10-17(19)20)15-7-2-3-8-16(15)18/h2-3,7-8,12-14H,4-6,9-11H2,1H3,(H,19,20). The van der Waals surface area contributed by atoms with Crippen molar-refractivity contribution in [2.24, 2.45) is 5.92 Å². The summed E-state index contributed by atoms with van der Waals surface area (Å²) in [6.07, 6.45) is 5.38. The molecule has 1 saturated carbocycles. The van der Waals surface area contributed by atoms with Gasteiger partial charge in [-0.3, -0.25) is 4.79 Å². The topological polar surface area (TPSA) is 40.5 Å². The van der Waals surface area contributed by atoms with E-state index < -0.39 is 5.97 Å². The fourth-order valence-electron chi connectivity index (χ4n) is 3.94. The van der Waals surface area contributed by atoms with Crippen LogP contribution in [0.25, 0.3) is 0 Å². The number of nitrogens with zero attached hydrogens (tertiary/aromatic N) is 1. The molecule has 20 heavy (non-hydrogen) atoms. The average molecular weight is 273 g/mol. The van der Waals surface area contributed by atoms with Crippen molar-refractivity contribution < 1.29 is 9.90 Å². The second kappa shape index (κ2) is 5.47. The molecule has 0 bridgehead atoms. The Bertz CT molecular complexity index is 500. The number of carboxylic acids is 1. The second-order valence-electron chi connectivity index (χ2n) is 6.43. The molecule has 3 rings (SSSR count). The first-order chi connectivity index (χ1) is 9.65. The first-order valence-corrected chi connectivity index (χ1v) is 7.72. The summed E-state index contributed by atoms with van der Waals surface area (Å²) in [4.78, 5) is 13.6. The Labute approximate surface area is 120 Å². The molecule has 1 aliphatic heterocycles. The smallest absolute Gasteiger partial charge is 0.304 e. The third-order valence-electron chi connectivity index (χ3n) is 4.87. The van der Waals surface area contributed by atoms with Crippen molar-refractivity contribution in [2.45, 2.75) is 51.0 Å². The lowest BCUT2D eigenvalue weighted by Crippen LogP contribution is -2.38. The van der Waals surface area contributed by atoms with Gasteiger partial charge in [0.2, 0.25) is 0 Å². The van der Waals surface area contributed by atoms with E-state index in [0.717, 1.165) is 12.5 Å². The lowest BCUT2D eigenvalue weighted by atomic mass is 9.86. The fourth-order valence-corrected chi connectivity index (χ4v) is 3.94. The summed E-state index contributed by atoms with van der Waals surface area (Å²) in [5.41, 5.74) is 2.51. The van der Waals surface area contributed by atoms with Crippen LogP contribution in [-0.2, 0) is 4.79 Å². The van der Waals surface area contributed by atoms with Crippen LogP contribution < -0.4 is 4.90 Å². The maximum Gasteiger partial charge on any atom is 0.304 e. The van der Waals surface area contributed by atoms with Crippen LogP contribution in [0.4, 0.5) is 5.69 Å². The summed E-state index contributed by atoms with van der Waals surface area (Å²) >= 11 is 0. The number of anilines is 1. The summed E-state index contributed by atoms with van der Waals surface area (Å²) in [6.45, 7) is 3.21. The van der Waals surface area contributed by atoms with Gasteiger partial charge in [-0.15, -0.1) is 0 Å². The molecule has 3 atom stereocenters. The Morgan fingerprint density at radius 3 is 2.90 bits per heavy atom. The molecule has 3 heteroatoms. The zero-order valence-corrected chi connectivity index (χ0v) is 12.1. The maximum atomic E-state index is 11.1. The predicted molar refractivity (Wildman–Crippen MR) is 80.2 cm³/mol. The van der Waals surface area contributed by atoms with E-state index in [0.29, 0.717) is 6.04 Å². The van der Waals surface area contributed by atoms with Gasteiger partial charge in [0.15, 0.2) is 0 Å². The minimum atomic E-state index is -0.691. The number of aliphatic carboxylic acids is 1. The summed E-state index contributed by atoms with van der Waals surface area (Å²) in [5, 5.41) is 9.12. The summed E-state index contributed by atoms with van der Waals surface area (Å²) < 4.78 is 0. The van der Waals surface area contributed by atoms with Gasteiger partial charge in [-0.25, -0.2) is 0 Å². The van der Waals surface area contributed by atoms with Gasteiger partial charge >= 0.3 is 5.97 Å². The highest BCUT2D eigenvalue weighted by Crippen LogP contribution is 2.42. The molecule has 0 amide bonds. The van der Waals surface area contributed by atoms with Crippen molar-refractivity contribution in [1.82, 2.24) is 0 Å². The molecule has 1 heterocycles. The molecule has 2 aliphatic rings. The van der Waals surface area contributed by atoms with Crippen molar-refractivity contribution in [3.8, 4) is 0 Å². The molecule has 1 N–H and O–H groups in total. The molecule has 1 aliphatic carbocycles. The Kier molecular flexibility index (Phi) is 3.68. The second-order valence-corrected chi connectivity index (χ2v) is 6.43. The van der Waals surface area contributed by atoms with Crippen molar-refractivity contribution >= 4 is 11.7 Å². The minimum absolute atomic E-state index is 0.154. The van der Waals surface area contributed by atoms with E-state index in [9.17, 15) is 4.79 Å².